The molecule has 2 heterocycles. The molecule has 3 aliphatic rings. The van der Waals surface area contributed by atoms with E-state index < -0.39 is 42.5 Å². The number of nitrogens with zero attached hydrogens (tertiary/aromatic N) is 2. The highest BCUT2D eigenvalue weighted by Crippen LogP contribution is 2.51. The van der Waals surface area contributed by atoms with Crippen molar-refractivity contribution in [2.75, 3.05) is 89.4 Å². The van der Waals surface area contributed by atoms with E-state index >= 15 is 0 Å². The average molecular weight is 998 g/mol. The molecule has 2 aliphatic heterocycles. The van der Waals surface area contributed by atoms with Crippen LogP contribution in [-0.4, -0.2) is 125 Å². The van der Waals surface area contributed by atoms with Crippen molar-refractivity contribution in [1.82, 2.24) is 10.0 Å². The van der Waals surface area contributed by atoms with E-state index in [1.807, 2.05) is 54.0 Å². The predicted octanol–water partition coefficient (Wildman–Crippen LogP) is 4.90. The van der Waals surface area contributed by atoms with E-state index in [9.17, 15) is 39.5 Å². The highest BCUT2D eigenvalue weighted by molar-refractivity contribution is 7.86. The monoisotopic (exact) mass is 997 g/mol. The van der Waals surface area contributed by atoms with E-state index in [-0.39, 0.29) is 34.8 Å². The molecule has 1 amide bonds. The van der Waals surface area contributed by atoms with Crippen molar-refractivity contribution in [2.45, 2.75) is 88.4 Å². The third-order valence-electron chi connectivity index (χ3n) is 11.4. The second-order valence-electron chi connectivity index (χ2n) is 17.5. The van der Waals surface area contributed by atoms with Gasteiger partial charge in [-0.2, -0.15) is 16.8 Å². The number of anilines is 1. The molecule has 2 unspecified atom stereocenters. The fourth-order valence-electron chi connectivity index (χ4n) is 8.04. The van der Waals surface area contributed by atoms with Gasteiger partial charge in [-0.05, 0) is 91.6 Å². The van der Waals surface area contributed by atoms with Crippen LogP contribution in [0.5, 0.6) is 0 Å². The van der Waals surface area contributed by atoms with Crippen molar-refractivity contribution in [3.63, 3.8) is 0 Å². The Morgan fingerprint density at radius 2 is 1.60 bits per heavy atom. The Balaban J connectivity index is 1.73. The molecule has 0 aromatic heterocycles. The number of hydrogen-bond acceptors (Lipinski definition) is 13. The first-order valence-corrected chi connectivity index (χ1v) is 26.7. The van der Waals surface area contributed by atoms with Gasteiger partial charge < -0.3 is 32.8 Å². The minimum absolute atomic E-state index is 0.00917. The quantitative estimate of drug-likeness (QED) is 0.0118. The normalized spacial score (nSPS) is 17.1. The highest BCUT2D eigenvalue weighted by Gasteiger charge is 2.43. The molecule has 4 rings (SSSR count). The Labute approximate surface area is 397 Å². The number of fused-ring (bicyclic) bond motifs is 2. The Hall–Kier alpha value is -3.87. The molecule has 2 atom stereocenters. The summed E-state index contributed by atoms with van der Waals surface area (Å²) in [5.41, 5.74) is 5.05. The lowest BCUT2D eigenvalue weighted by molar-refractivity contribution is -0.121. The van der Waals surface area contributed by atoms with Gasteiger partial charge in [-0.25, -0.2) is 14.6 Å². The molecule has 0 bridgehead atoms. The molecule has 0 saturated carbocycles. The number of methoxy groups -OCH3 is 1. The molecule has 18 nitrogen and oxygen atoms in total. The topological polar surface area (TPSA) is 257 Å². The van der Waals surface area contributed by atoms with E-state index in [2.05, 4.69) is 31.1 Å². The first-order chi connectivity index (χ1) is 31.7. The van der Waals surface area contributed by atoms with Crippen LogP contribution in [0.4, 0.5) is 5.69 Å². The van der Waals surface area contributed by atoms with Gasteiger partial charge in [0.15, 0.2) is 17.6 Å². The summed E-state index contributed by atoms with van der Waals surface area (Å²) >= 11 is -2.05. The standard InChI is InChI=1S/C46H68N4O14S3/c1-45(2,3)39-33-36(64-42-32-35(15-17-38(39)42)49(20-11-31-66(54,55)56)22-23-61-26-27-63-29-28-62-25-24-60-5)12-9-13-43-46(4,19-10-30-65(52)53)40-34-37(67(57,58)59)16-18-41(40)50(43)21-8-6-7-14-44(51)48-47/h9,12-13,15-18,32-34H,6-8,10-11,14,19-31,47H2,1-5H3,(H3-,48,51,52,53,54,55,56,57,58,59)/p+1. The van der Waals surface area contributed by atoms with Gasteiger partial charge in [-0.15, -0.1) is 0 Å². The molecule has 1 aromatic rings. The number of hydrazine groups is 1. The average Bonchev–Trinajstić information content (AvgIpc) is 3.48. The first-order valence-electron chi connectivity index (χ1n) is 22.4. The van der Waals surface area contributed by atoms with Crippen molar-refractivity contribution >= 4 is 49.0 Å². The summed E-state index contributed by atoms with van der Waals surface area (Å²) in [5.74, 6) is 5.72. The van der Waals surface area contributed by atoms with Gasteiger partial charge in [0.05, 0.1) is 56.4 Å². The summed E-state index contributed by atoms with van der Waals surface area (Å²) in [7, 11) is -7.12. The minimum atomic E-state index is -4.55. The van der Waals surface area contributed by atoms with Crippen LogP contribution in [0.15, 0.2) is 69.6 Å². The van der Waals surface area contributed by atoms with E-state index in [1.54, 1.807) is 13.2 Å². The zero-order valence-electron chi connectivity index (χ0n) is 39.2. The summed E-state index contributed by atoms with van der Waals surface area (Å²) in [4.78, 5) is 13.6. The first kappa shape index (κ1) is 55.7. The molecule has 6 N–H and O–H groups in total. The molecule has 0 fully saturated rings. The van der Waals surface area contributed by atoms with Crippen LogP contribution < -0.4 is 26.1 Å². The number of benzene rings is 2. The van der Waals surface area contributed by atoms with Crippen molar-refractivity contribution in [3.05, 3.63) is 82.6 Å². The number of nitrogens with two attached hydrogens (primary N) is 1. The number of carbonyl (C=O) groups is 1. The lowest BCUT2D eigenvalue weighted by Gasteiger charge is -2.30. The van der Waals surface area contributed by atoms with E-state index in [0.29, 0.717) is 115 Å². The molecule has 0 radical (unpaired) electrons. The summed E-state index contributed by atoms with van der Waals surface area (Å²) in [6.07, 6.45) is 8.75. The van der Waals surface area contributed by atoms with Gasteiger partial charge in [0.1, 0.15) is 24.7 Å². The number of hydrogen-bond donors (Lipinski definition) is 5. The van der Waals surface area contributed by atoms with Gasteiger partial charge >= 0.3 is 0 Å². The van der Waals surface area contributed by atoms with Gasteiger partial charge in [0.25, 0.3) is 20.2 Å². The van der Waals surface area contributed by atoms with Gasteiger partial charge in [-0.1, -0.05) is 33.3 Å². The maximum atomic E-state index is 12.4. The van der Waals surface area contributed by atoms with Gasteiger partial charge in [0, 0.05) is 60.7 Å². The second-order valence-corrected chi connectivity index (χ2v) is 21.6. The SMILES string of the molecule is COCCOCCOCCOCC[N+](CCCS(=O)(=O)O)=c1ccc2c(C(C)(C)C)cc(C=CC=C3N(CCCCCC(=O)NN)c4ccc(S(=O)(=O)O)cc4C3(C)CCCS(=O)O)oc-2c1. The van der Waals surface area contributed by atoms with E-state index in [0.717, 1.165) is 27.9 Å². The number of nitrogens with one attached hydrogen (secondary N) is 1. The Kier molecular flexibility index (Phi) is 21.8. The number of unbranched alkanes of at least 4 members (excludes halogenated alkanes) is 2. The van der Waals surface area contributed by atoms with Crippen LogP contribution in [0.2, 0.25) is 0 Å². The summed E-state index contributed by atoms with van der Waals surface area (Å²) in [5, 5.41) is 0.759. The van der Waals surface area contributed by atoms with E-state index in [4.69, 9.17) is 29.2 Å². The maximum Gasteiger partial charge on any atom is 0.294 e. The molecule has 1 aliphatic carbocycles. The minimum Gasteiger partial charge on any atom is -0.456 e. The smallest absolute Gasteiger partial charge is 0.294 e. The fourth-order valence-corrected chi connectivity index (χ4v) is 9.44. The highest BCUT2D eigenvalue weighted by atomic mass is 32.2. The van der Waals surface area contributed by atoms with Crippen LogP contribution >= 0.6 is 0 Å². The fraction of sp³-hybridized carbons (Fsp3) is 0.565. The van der Waals surface area contributed by atoms with Crippen molar-refractivity contribution in [3.8, 4) is 11.3 Å². The summed E-state index contributed by atoms with van der Waals surface area (Å²) in [6, 6.07) is 12.3. The number of rotatable bonds is 29. The molecular formula is C46H69N4O14S3+. The van der Waals surface area contributed by atoms with Crippen LogP contribution in [0.1, 0.15) is 89.5 Å². The Morgan fingerprint density at radius 3 is 2.22 bits per heavy atom. The maximum absolute atomic E-state index is 12.4. The third-order valence-corrected chi connectivity index (χ3v) is 13.7. The predicted molar refractivity (Wildman–Crippen MR) is 258 cm³/mol. The largest absolute Gasteiger partial charge is 0.456 e. The van der Waals surface area contributed by atoms with Crippen molar-refractivity contribution < 1.29 is 62.9 Å². The second kappa shape index (κ2) is 26.2. The lowest BCUT2D eigenvalue weighted by Crippen LogP contribution is -2.35. The summed E-state index contributed by atoms with van der Waals surface area (Å²) < 4.78 is 119. The van der Waals surface area contributed by atoms with E-state index in [1.165, 1.54) is 12.1 Å². The van der Waals surface area contributed by atoms with Gasteiger partial charge in [-0.3, -0.25) is 19.3 Å². The Morgan fingerprint density at radius 1 is 0.910 bits per heavy atom. The van der Waals surface area contributed by atoms with Crippen molar-refractivity contribution in [2.24, 2.45) is 5.84 Å². The molecule has 0 spiro atoms. The number of amides is 1. The molecule has 67 heavy (non-hydrogen) atoms. The number of allylic oxidation sites excluding steroid dienone is 3. The number of ether oxygens (including phenoxy) is 4. The van der Waals surface area contributed by atoms with Crippen molar-refractivity contribution in [1.29, 1.82) is 0 Å². The molecule has 21 heteroatoms. The summed E-state index contributed by atoms with van der Waals surface area (Å²) in [6.45, 7) is 12.4. The lowest BCUT2D eigenvalue weighted by atomic mass is 9.77. The zero-order valence-corrected chi connectivity index (χ0v) is 41.7. The third kappa shape index (κ3) is 17.6. The van der Waals surface area contributed by atoms with Crippen LogP contribution in [0, 0.1) is 0 Å². The molecule has 1 aromatic carbocycles. The molecular weight excluding hydrogens is 929 g/mol. The van der Waals surface area contributed by atoms with Crippen LogP contribution in [0.3, 0.4) is 0 Å². The molecule has 374 valence electrons. The molecule has 0 saturated heterocycles. The zero-order chi connectivity index (χ0) is 49.3. The Bertz CT molecular complexity index is 2450. The number of carbonyl (C=O) groups excluding carboxylic acids is 1. The van der Waals surface area contributed by atoms with Crippen LogP contribution in [-0.2, 0) is 65.9 Å². The van der Waals surface area contributed by atoms with Crippen LogP contribution in [0.25, 0.3) is 17.4 Å². The van der Waals surface area contributed by atoms with Gasteiger partial charge in [0.2, 0.25) is 11.3 Å².